The molecule has 2 N–H and O–H groups in total. The second kappa shape index (κ2) is 6.19. The van der Waals surface area contributed by atoms with E-state index < -0.39 is 0 Å². The van der Waals surface area contributed by atoms with Crippen molar-refractivity contribution in [2.45, 2.75) is 34.1 Å². The molecule has 0 spiro atoms. The van der Waals surface area contributed by atoms with Crippen molar-refractivity contribution < 1.29 is 4.79 Å². The number of anilines is 1. The van der Waals surface area contributed by atoms with E-state index in [-0.39, 0.29) is 5.78 Å². The molecule has 0 aromatic heterocycles. The molecule has 1 rings (SSSR count). The van der Waals surface area contributed by atoms with E-state index >= 15 is 0 Å². The average Bonchev–Trinajstić information content (AvgIpc) is 2.10. The van der Waals surface area contributed by atoms with Crippen LogP contribution in [0.15, 0.2) is 18.2 Å². The van der Waals surface area contributed by atoms with Crippen LogP contribution >= 0.6 is 0 Å². The van der Waals surface area contributed by atoms with Gasteiger partial charge >= 0.3 is 0 Å². The van der Waals surface area contributed by atoms with Gasteiger partial charge in [-0.05, 0) is 25.5 Å². The Labute approximate surface area is 86.1 Å². The molecule has 1 aromatic rings. The van der Waals surface area contributed by atoms with Gasteiger partial charge in [0.1, 0.15) is 0 Å². The number of hydrogen-bond donors (Lipinski definition) is 1. The van der Waals surface area contributed by atoms with E-state index in [2.05, 4.69) is 13.8 Å². The fourth-order valence-corrected chi connectivity index (χ4v) is 1.03. The monoisotopic (exact) mass is 193 g/mol. The molecule has 0 heterocycles. The van der Waals surface area contributed by atoms with E-state index in [0.717, 1.165) is 5.56 Å². The van der Waals surface area contributed by atoms with Crippen molar-refractivity contribution in [3.05, 3.63) is 29.3 Å². The van der Waals surface area contributed by atoms with Gasteiger partial charge in [-0.2, -0.15) is 0 Å². The van der Waals surface area contributed by atoms with Gasteiger partial charge in [0.15, 0.2) is 5.78 Å². The van der Waals surface area contributed by atoms with E-state index in [9.17, 15) is 4.79 Å². The summed E-state index contributed by atoms with van der Waals surface area (Å²) in [5, 5.41) is 0. The molecule has 0 aliphatic heterocycles. The zero-order chi connectivity index (χ0) is 11.1. The highest BCUT2D eigenvalue weighted by atomic mass is 16.1. The summed E-state index contributed by atoms with van der Waals surface area (Å²) in [5.41, 5.74) is 7.87. The number of nitrogen functional groups attached to an aromatic ring is 1. The van der Waals surface area contributed by atoms with E-state index in [1.54, 1.807) is 25.1 Å². The summed E-state index contributed by atoms with van der Waals surface area (Å²) >= 11 is 0. The lowest BCUT2D eigenvalue weighted by Gasteiger charge is -2.03. The second-order valence-electron chi connectivity index (χ2n) is 3.28. The highest BCUT2D eigenvalue weighted by molar-refractivity contribution is 5.96. The Bertz CT molecular complexity index is 305. The third kappa shape index (κ3) is 3.60. The number of hydrogen-bond acceptors (Lipinski definition) is 2. The third-order valence-corrected chi connectivity index (χ3v) is 1.75. The number of ketones is 1. The van der Waals surface area contributed by atoms with Gasteiger partial charge in [-0.15, -0.1) is 0 Å². The van der Waals surface area contributed by atoms with Crippen molar-refractivity contribution in [3.63, 3.8) is 0 Å². The molecule has 2 nitrogen and oxygen atoms in total. The molecular weight excluding hydrogens is 174 g/mol. The topological polar surface area (TPSA) is 43.1 Å². The minimum Gasteiger partial charge on any atom is -0.398 e. The first-order valence-corrected chi connectivity index (χ1v) is 4.90. The molecule has 0 amide bonds. The number of carbonyl (C=O) groups excluding carboxylic acids is 1. The predicted molar refractivity (Wildman–Crippen MR) is 61.6 cm³/mol. The van der Waals surface area contributed by atoms with Crippen LogP contribution in [0.25, 0.3) is 0 Å². The Kier molecular flexibility index (Phi) is 5.61. The van der Waals surface area contributed by atoms with Gasteiger partial charge in [-0.25, -0.2) is 0 Å². The minimum absolute atomic E-state index is 0.0646. The molecule has 0 aliphatic carbocycles. The first kappa shape index (κ1) is 12.7. The summed E-state index contributed by atoms with van der Waals surface area (Å²) in [7, 11) is 0. The quantitative estimate of drug-likeness (QED) is 0.549. The maximum absolute atomic E-state index is 11.0. The van der Waals surface area contributed by atoms with E-state index in [4.69, 9.17) is 5.73 Å². The summed E-state index contributed by atoms with van der Waals surface area (Å²) in [5.74, 6) is 0.0646. The Morgan fingerprint density at radius 3 is 2.21 bits per heavy atom. The highest BCUT2D eigenvalue weighted by Crippen LogP contribution is 2.15. The van der Waals surface area contributed by atoms with Crippen LogP contribution in [0.2, 0.25) is 0 Å². The Morgan fingerprint density at radius 1 is 1.36 bits per heavy atom. The number of Topliss-reactive ketones (excluding diaryl/α,β-unsaturated/α-hetero) is 1. The molecule has 2 heteroatoms. The summed E-state index contributed by atoms with van der Waals surface area (Å²) in [6.45, 7) is 7.65. The van der Waals surface area contributed by atoms with Crippen molar-refractivity contribution in [1.82, 2.24) is 0 Å². The summed E-state index contributed by atoms with van der Waals surface area (Å²) in [6.07, 6.45) is 1.25. The van der Waals surface area contributed by atoms with E-state index in [1.165, 1.54) is 6.42 Å². The summed E-state index contributed by atoms with van der Waals surface area (Å²) < 4.78 is 0. The standard InChI is InChI=1S/C9H11NO.C3H8/c1-6-8(7(2)11)4-3-5-9(6)10;1-3-2/h3-5H,10H2,1-2H3;3H2,1-2H3. The molecular formula is C12H19NO. The van der Waals surface area contributed by atoms with Crippen molar-refractivity contribution >= 4 is 11.5 Å². The third-order valence-electron chi connectivity index (χ3n) is 1.75. The molecule has 14 heavy (non-hydrogen) atoms. The Balaban J connectivity index is 0.000000500. The van der Waals surface area contributed by atoms with Crippen LogP contribution < -0.4 is 5.73 Å². The van der Waals surface area contributed by atoms with Crippen molar-refractivity contribution in [2.24, 2.45) is 0 Å². The van der Waals surface area contributed by atoms with Gasteiger partial charge in [0, 0.05) is 11.3 Å². The Hall–Kier alpha value is -1.31. The zero-order valence-corrected chi connectivity index (χ0v) is 9.42. The number of rotatable bonds is 1. The molecule has 0 bridgehead atoms. The number of nitrogens with two attached hydrogens (primary N) is 1. The number of benzene rings is 1. The maximum Gasteiger partial charge on any atom is 0.160 e. The van der Waals surface area contributed by atoms with E-state index in [0.29, 0.717) is 11.3 Å². The highest BCUT2D eigenvalue weighted by Gasteiger charge is 2.03. The Morgan fingerprint density at radius 2 is 1.86 bits per heavy atom. The van der Waals surface area contributed by atoms with Crippen LogP contribution in [-0.4, -0.2) is 5.78 Å². The zero-order valence-electron chi connectivity index (χ0n) is 9.42. The van der Waals surface area contributed by atoms with Crippen molar-refractivity contribution in [2.75, 3.05) is 5.73 Å². The molecule has 0 atom stereocenters. The second-order valence-corrected chi connectivity index (χ2v) is 3.28. The van der Waals surface area contributed by atoms with Crippen molar-refractivity contribution in [1.29, 1.82) is 0 Å². The van der Waals surface area contributed by atoms with Crippen LogP contribution in [0.4, 0.5) is 5.69 Å². The maximum atomic E-state index is 11.0. The molecule has 0 aliphatic rings. The first-order valence-electron chi connectivity index (χ1n) is 4.90. The van der Waals surface area contributed by atoms with Crippen molar-refractivity contribution in [3.8, 4) is 0 Å². The van der Waals surface area contributed by atoms with Crippen LogP contribution in [0.5, 0.6) is 0 Å². The number of carbonyl (C=O) groups is 1. The lowest BCUT2D eigenvalue weighted by molar-refractivity contribution is 0.101. The SMILES string of the molecule is CC(=O)c1cccc(N)c1C.CCC. The summed E-state index contributed by atoms with van der Waals surface area (Å²) in [4.78, 5) is 11.0. The summed E-state index contributed by atoms with van der Waals surface area (Å²) in [6, 6.07) is 5.37. The van der Waals surface area contributed by atoms with Gasteiger partial charge in [0.25, 0.3) is 0 Å². The predicted octanol–water partition coefficient (Wildman–Crippen LogP) is 3.20. The smallest absolute Gasteiger partial charge is 0.160 e. The fraction of sp³-hybridized carbons (Fsp3) is 0.417. The van der Waals surface area contributed by atoms with Gasteiger partial charge in [0.05, 0.1) is 0 Å². The van der Waals surface area contributed by atoms with Crippen LogP contribution in [0, 0.1) is 6.92 Å². The van der Waals surface area contributed by atoms with Crippen LogP contribution in [-0.2, 0) is 0 Å². The average molecular weight is 193 g/mol. The van der Waals surface area contributed by atoms with Crippen LogP contribution in [0.1, 0.15) is 43.1 Å². The molecule has 0 saturated heterocycles. The van der Waals surface area contributed by atoms with Gasteiger partial charge in [0.2, 0.25) is 0 Å². The normalized spacial score (nSPS) is 8.86. The minimum atomic E-state index is 0.0646. The largest absolute Gasteiger partial charge is 0.398 e. The van der Waals surface area contributed by atoms with E-state index in [1.807, 2.05) is 6.92 Å². The molecule has 78 valence electrons. The lowest BCUT2D eigenvalue weighted by atomic mass is 10.0. The molecule has 0 saturated carbocycles. The lowest BCUT2D eigenvalue weighted by Crippen LogP contribution is -1.99. The van der Waals surface area contributed by atoms with Gasteiger partial charge < -0.3 is 5.73 Å². The molecule has 0 radical (unpaired) electrons. The van der Waals surface area contributed by atoms with Gasteiger partial charge in [-0.1, -0.05) is 32.4 Å². The molecule has 1 aromatic carbocycles. The van der Waals surface area contributed by atoms with Crippen LogP contribution in [0.3, 0.4) is 0 Å². The molecule has 0 fully saturated rings. The first-order chi connectivity index (χ1) is 6.54. The van der Waals surface area contributed by atoms with Gasteiger partial charge in [-0.3, -0.25) is 4.79 Å². The fourth-order valence-electron chi connectivity index (χ4n) is 1.03. The molecule has 0 unspecified atom stereocenters.